The highest BCUT2D eigenvalue weighted by Crippen LogP contribution is 2.19. The molecule has 0 radical (unpaired) electrons. The van der Waals surface area contributed by atoms with Crippen molar-refractivity contribution in [1.82, 2.24) is 15.3 Å². The maximum Gasteiger partial charge on any atom is 0.126 e. The number of H-pyrrole nitrogens is 1. The van der Waals surface area contributed by atoms with Gasteiger partial charge in [-0.2, -0.15) is 0 Å². The summed E-state index contributed by atoms with van der Waals surface area (Å²) >= 11 is 0. The fourth-order valence-electron chi connectivity index (χ4n) is 1.84. The van der Waals surface area contributed by atoms with E-state index < -0.39 is 0 Å². The van der Waals surface area contributed by atoms with Gasteiger partial charge in [-0.3, -0.25) is 0 Å². The number of halogens is 1. The smallest absolute Gasteiger partial charge is 0.126 e. The van der Waals surface area contributed by atoms with Crippen molar-refractivity contribution in [1.29, 1.82) is 0 Å². The molecular weight excluding hydrogens is 241 g/mol. The zero-order valence-electron chi connectivity index (χ0n) is 11.6. The number of aromatic nitrogens is 2. The Morgan fingerprint density at radius 2 is 2.16 bits per heavy atom. The van der Waals surface area contributed by atoms with Gasteiger partial charge in [-0.05, 0) is 31.0 Å². The summed E-state index contributed by atoms with van der Waals surface area (Å²) < 4.78 is 13.5. The molecule has 0 bridgehead atoms. The third-order valence-corrected chi connectivity index (χ3v) is 2.96. The third kappa shape index (κ3) is 3.64. The van der Waals surface area contributed by atoms with E-state index in [0.717, 1.165) is 23.6 Å². The van der Waals surface area contributed by atoms with Crippen molar-refractivity contribution in [2.75, 3.05) is 6.54 Å². The number of hydrogen-bond donors (Lipinski definition) is 2. The molecule has 4 heteroatoms. The lowest BCUT2D eigenvalue weighted by Gasteiger charge is -2.05. The maximum absolute atomic E-state index is 13.5. The van der Waals surface area contributed by atoms with Crippen LogP contribution in [0.15, 0.2) is 24.4 Å². The molecule has 2 N–H and O–H groups in total. The second kappa shape index (κ2) is 5.97. The summed E-state index contributed by atoms with van der Waals surface area (Å²) in [5.41, 5.74) is 2.33. The van der Waals surface area contributed by atoms with Gasteiger partial charge in [0.1, 0.15) is 11.6 Å². The molecule has 0 unspecified atom stereocenters. The molecule has 0 aliphatic carbocycles. The number of nitrogens with one attached hydrogen (secondary N) is 2. The predicted molar refractivity (Wildman–Crippen MR) is 75.3 cm³/mol. The largest absolute Gasteiger partial charge is 0.341 e. The average Bonchev–Trinajstić information content (AvgIpc) is 2.81. The Hall–Kier alpha value is -1.68. The Labute approximate surface area is 113 Å². The Bertz CT molecular complexity index is 546. The van der Waals surface area contributed by atoms with Crippen LogP contribution in [0.2, 0.25) is 0 Å². The molecule has 1 heterocycles. The van der Waals surface area contributed by atoms with Gasteiger partial charge in [0.25, 0.3) is 0 Å². The average molecular weight is 261 g/mol. The van der Waals surface area contributed by atoms with E-state index in [4.69, 9.17) is 0 Å². The van der Waals surface area contributed by atoms with Crippen LogP contribution >= 0.6 is 0 Å². The summed E-state index contributed by atoms with van der Waals surface area (Å²) in [5.74, 6) is 1.30. The number of aryl methyl sites for hydroxylation is 1. The lowest BCUT2D eigenvalue weighted by molar-refractivity contribution is 0.544. The van der Waals surface area contributed by atoms with Gasteiger partial charge >= 0.3 is 0 Å². The Balaban J connectivity index is 2.05. The first-order valence-electron chi connectivity index (χ1n) is 6.57. The van der Waals surface area contributed by atoms with Gasteiger partial charge in [0.15, 0.2) is 0 Å². The normalized spacial score (nSPS) is 11.2. The lowest BCUT2D eigenvalue weighted by Crippen LogP contribution is -2.19. The molecule has 0 aliphatic rings. The number of aromatic amines is 1. The van der Waals surface area contributed by atoms with Crippen LogP contribution in [0.25, 0.3) is 11.3 Å². The van der Waals surface area contributed by atoms with E-state index in [1.54, 1.807) is 19.2 Å². The minimum absolute atomic E-state index is 0.188. The topological polar surface area (TPSA) is 40.7 Å². The maximum atomic E-state index is 13.5. The van der Waals surface area contributed by atoms with Crippen molar-refractivity contribution in [3.63, 3.8) is 0 Å². The Kier molecular flexibility index (Phi) is 4.32. The van der Waals surface area contributed by atoms with Gasteiger partial charge < -0.3 is 10.3 Å². The van der Waals surface area contributed by atoms with Gasteiger partial charge in [-0.15, -0.1) is 0 Å². The number of hydrogen-bond acceptors (Lipinski definition) is 2. The summed E-state index contributed by atoms with van der Waals surface area (Å²) in [6.07, 6.45) is 1.75. The fourth-order valence-corrected chi connectivity index (χ4v) is 1.84. The van der Waals surface area contributed by atoms with Gasteiger partial charge in [0.2, 0.25) is 0 Å². The van der Waals surface area contributed by atoms with Gasteiger partial charge in [0, 0.05) is 5.56 Å². The minimum Gasteiger partial charge on any atom is -0.341 e. The molecule has 0 fully saturated rings. The summed E-state index contributed by atoms with van der Waals surface area (Å²) in [6, 6.07) is 5.22. The minimum atomic E-state index is -0.188. The Morgan fingerprint density at radius 3 is 2.84 bits per heavy atom. The molecule has 0 atom stereocenters. The van der Waals surface area contributed by atoms with E-state index in [2.05, 4.69) is 29.1 Å². The van der Waals surface area contributed by atoms with E-state index in [-0.39, 0.29) is 5.82 Å². The van der Waals surface area contributed by atoms with Crippen LogP contribution in [0.4, 0.5) is 4.39 Å². The first-order chi connectivity index (χ1) is 9.06. The number of rotatable bonds is 5. The quantitative estimate of drug-likeness (QED) is 0.867. The highest BCUT2D eigenvalue weighted by Gasteiger charge is 2.06. The second-order valence-corrected chi connectivity index (χ2v) is 5.23. The first kappa shape index (κ1) is 13.7. The standard InChI is InChI=1S/C15H20FN3/c1-10(2)7-17-9-15-18-8-14(19-15)12-5-4-11(3)13(16)6-12/h4-6,8,10,17H,7,9H2,1-3H3,(H,18,19). The van der Waals surface area contributed by atoms with Gasteiger partial charge in [0.05, 0.1) is 18.4 Å². The van der Waals surface area contributed by atoms with Crippen molar-refractivity contribution in [2.24, 2.45) is 5.92 Å². The fraction of sp³-hybridized carbons (Fsp3) is 0.400. The SMILES string of the molecule is Cc1ccc(-c2cnc(CNCC(C)C)[nH]2)cc1F. The van der Waals surface area contributed by atoms with Crippen LogP contribution in [0.3, 0.4) is 0 Å². The van der Waals surface area contributed by atoms with Crippen molar-refractivity contribution >= 4 is 0 Å². The van der Waals surface area contributed by atoms with Crippen LogP contribution < -0.4 is 5.32 Å². The van der Waals surface area contributed by atoms with Crippen LogP contribution in [0.5, 0.6) is 0 Å². The number of imidazole rings is 1. The highest BCUT2D eigenvalue weighted by atomic mass is 19.1. The summed E-state index contributed by atoms with van der Waals surface area (Å²) in [7, 11) is 0. The molecule has 1 aromatic carbocycles. The molecule has 3 nitrogen and oxygen atoms in total. The van der Waals surface area contributed by atoms with E-state index >= 15 is 0 Å². The van der Waals surface area contributed by atoms with Gasteiger partial charge in [-0.25, -0.2) is 9.37 Å². The molecule has 102 valence electrons. The molecule has 0 saturated carbocycles. The first-order valence-corrected chi connectivity index (χ1v) is 6.57. The molecule has 2 aromatic rings. The van der Waals surface area contributed by atoms with E-state index in [1.807, 2.05) is 6.07 Å². The van der Waals surface area contributed by atoms with Crippen molar-refractivity contribution in [2.45, 2.75) is 27.3 Å². The van der Waals surface area contributed by atoms with Gasteiger partial charge in [-0.1, -0.05) is 26.0 Å². The lowest BCUT2D eigenvalue weighted by atomic mass is 10.1. The van der Waals surface area contributed by atoms with Crippen LogP contribution in [0, 0.1) is 18.7 Å². The third-order valence-electron chi connectivity index (χ3n) is 2.96. The predicted octanol–water partition coefficient (Wildman–Crippen LogP) is 3.27. The van der Waals surface area contributed by atoms with Crippen molar-refractivity contribution < 1.29 is 4.39 Å². The number of nitrogens with zero attached hydrogens (tertiary/aromatic N) is 1. The molecule has 0 saturated heterocycles. The molecule has 0 amide bonds. The molecule has 1 aromatic heterocycles. The van der Waals surface area contributed by atoms with Crippen LogP contribution in [-0.2, 0) is 6.54 Å². The van der Waals surface area contributed by atoms with Crippen molar-refractivity contribution in [3.05, 3.63) is 41.6 Å². The molecule has 2 rings (SSSR count). The Morgan fingerprint density at radius 1 is 1.37 bits per heavy atom. The highest BCUT2D eigenvalue weighted by molar-refractivity contribution is 5.59. The van der Waals surface area contributed by atoms with Crippen molar-refractivity contribution in [3.8, 4) is 11.3 Å². The van der Waals surface area contributed by atoms with Crippen LogP contribution in [-0.4, -0.2) is 16.5 Å². The number of benzene rings is 1. The molecule has 0 spiro atoms. The summed E-state index contributed by atoms with van der Waals surface area (Å²) in [4.78, 5) is 7.51. The monoisotopic (exact) mass is 261 g/mol. The molecule has 19 heavy (non-hydrogen) atoms. The molecule has 0 aliphatic heterocycles. The zero-order chi connectivity index (χ0) is 13.8. The van der Waals surface area contributed by atoms with E-state index in [9.17, 15) is 4.39 Å². The van der Waals surface area contributed by atoms with Crippen LogP contribution in [0.1, 0.15) is 25.2 Å². The molecular formula is C15H20FN3. The second-order valence-electron chi connectivity index (χ2n) is 5.23. The van der Waals surface area contributed by atoms with E-state index in [1.165, 1.54) is 6.07 Å². The van der Waals surface area contributed by atoms with E-state index in [0.29, 0.717) is 18.0 Å². The summed E-state index contributed by atoms with van der Waals surface area (Å²) in [6.45, 7) is 7.74. The zero-order valence-corrected chi connectivity index (χ0v) is 11.6. The summed E-state index contributed by atoms with van der Waals surface area (Å²) in [5, 5.41) is 3.32.